The van der Waals surface area contributed by atoms with Crippen molar-refractivity contribution in [1.29, 1.82) is 0 Å². The Hall–Kier alpha value is -1.07. The maximum atomic E-state index is 6.02. The number of ether oxygens (including phenoxy) is 2. The topological polar surface area (TPSA) is 33.7 Å². The molecule has 3 rings (SSSR count). The van der Waals surface area contributed by atoms with Gasteiger partial charge in [0.25, 0.3) is 0 Å². The van der Waals surface area contributed by atoms with Crippen LogP contribution < -0.4 is 10.1 Å². The SMILES string of the molecule is CN1CCOC(CNCC2=Cc3cc(Cl)ccc3OC2)C1. The summed E-state index contributed by atoms with van der Waals surface area (Å²) < 4.78 is 11.5. The van der Waals surface area contributed by atoms with E-state index in [9.17, 15) is 0 Å². The number of hydrogen-bond donors (Lipinski definition) is 1. The van der Waals surface area contributed by atoms with Crippen LogP contribution in [0.25, 0.3) is 6.08 Å². The summed E-state index contributed by atoms with van der Waals surface area (Å²) in [4.78, 5) is 2.30. The molecule has 114 valence electrons. The number of hydrogen-bond acceptors (Lipinski definition) is 4. The minimum atomic E-state index is 0.274. The van der Waals surface area contributed by atoms with Crippen molar-refractivity contribution < 1.29 is 9.47 Å². The van der Waals surface area contributed by atoms with Crippen LogP contribution in [-0.4, -0.2) is 57.4 Å². The van der Waals surface area contributed by atoms with E-state index in [4.69, 9.17) is 21.1 Å². The predicted molar refractivity (Wildman–Crippen MR) is 85.0 cm³/mol. The Balaban J connectivity index is 1.52. The zero-order valence-corrected chi connectivity index (χ0v) is 13.0. The first-order valence-corrected chi connectivity index (χ1v) is 7.71. The third-order valence-electron chi connectivity index (χ3n) is 3.81. The van der Waals surface area contributed by atoms with Crippen molar-refractivity contribution in [3.05, 3.63) is 34.4 Å². The first kappa shape index (κ1) is 14.9. The van der Waals surface area contributed by atoms with Crippen molar-refractivity contribution in [3.8, 4) is 5.75 Å². The first-order valence-electron chi connectivity index (χ1n) is 7.33. The Morgan fingerprint density at radius 3 is 3.19 bits per heavy atom. The maximum absolute atomic E-state index is 6.02. The summed E-state index contributed by atoms with van der Waals surface area (Å²) in [7, 11) is 2.13. The highest BCUT2D eigenvalue weighted by molar-refractivity contribution is 6.30. The summed E-state index contributed by atoms with van der Waals surface area (Å²) in [6.45, 7) is 5.14. The number of nitrogens with one attached hydrogen (secondary N) is 1. The fourth-order valence-corrected chi connectivity index (χ4v) is 2.86. The van der Waals surface area contributed by atoms with E-state index in [0.717, 1.165) is 49.1 Å². The lowest BCUT2D eigenvalue weighted by atomic mass is 10.1. The fraction of sp³-hybridized carbons (Fsp3) is 0.500. The van der Waals surface area contributed by atoms with Crippen molar-refractivity contribution >= 4 is 17.7 Å². The van der Waals surface area contributed by atoms with Crippen LogP contribution in [0.3, 0.4) is 0 Å². The number of halogens is 1. The van der Waals surface area contributed by atoms with E-state index in [1.807, 2.05) is 18.2 Å². The van der Waals surface area contributed by atoms with Crippen LogP contribution in [-0.2, 0) is 4.74 Å². The maximum Gasteiger partial charge on any atom is 0.127 e. The average molecular weight is 309 g/mol. The van der Waals surface area contributed by atoms with Crippen LogP contribution in [0.4, 0.5) is 0 Å². The van der Waals surface area contributed by atoms with Crippen LogP contribution >= 0.6 is 11.6 Å². The molecule has 1 N–H and O–H groups in total. The Bertz CT molecular complexity index is 533. The van der Waals surface area contributed by atoms with E-state index in [-0.39, 0.29) is 6.10 Å². The average Bonchev–Trinajstić information content (AvgIpc) is 2.47. The van der Waals surface area contributed by atoms with Gasteiger partial charge in [0.15, 0.2) is 0 Å². The van der Waals surface area contributed by atoms with Crippen molar-refractivity contribution in [2.45, 2.75) is 6.10 Å². The molecule has 0 saturated carbocycles. The molecule has 21 heavy (non-hydrogen) atoms. The number of benzene rings is 1. The minimum absolute atomic E-state index is 0.274. The van der Waals surface area contributed by atoms with Gasteiger partial charge in [0.2, 0.25) is 0 Å². The van der Waals surface area contributed by atoms with E-state index in [2.05, 4.69) is 23.3 Å². The highest BCUT2D eigenvalue weighted by Gasteiger charge is 2.17. The second-order valence-electron chi connectivity index (χ2n) is 5.66. The van der Waals surface area contributed by atoms with Gasteiger partial charge >= 0.3 is 0 Å². The van der Waals surface area contributed by atoms with Crippen LogP contribution in [0.15, 0.2) is 23.8 Å². The predicted octanol–water partition coefficient (Wildman–Crippen LogP) is 2.04. The van der Waals surface area contributed by atoms with Crippen molar-refractivity contribution in [1.82, 2.24) is 10.2 Å². The van der Waals surface area contributed by atoms with Gasteiger partial charge in [-0.05, 0) is 36.9 Å². The Labute approximate surface area is 130 Å². The lowest BCUT2D eigenvalue weighted by Crippen LogP contribution is -2.45. The summed E-state index contributed by atoms with van der Waals surface area (Å²) in [6.07, 6.45) is 2.43. The molecule has 0 spiro atoms. The first-order chi connectivity index (χ1) is 10.2. The molecule has 1 aromatic rings. The second kappa shape index (κ2) is 6.79. The molecule has 0 radical (unpaired) electrons. The van der Waals surface area contributed by atoms with Crippen LogP contribution in [0.5, 0.6) is 5.75 Å². The molecule has 1 fully saturated rings. The largest absolute Gasteiger partial charge is 0.489 e. The lowest BCUT2D eigenvalue weighted by molar-refractivity contribution is -0.0177. The normalized spacial score (nSPS) is 22.4. The van der Waals surface area contributed by atoms with Gasteiger partial charge < -0.3 is 19.7 Å². The standard InChI is InChI=1S/C16H21ClN2O2/c1-19-4-5-20-15(10-19)9-18-8-12-6-13-7-14(17)2-3-16(13)21-11-12/h2-3,6-7,15,18H,4-5,8-11H2,1H3. The molecule has 1 saturated heterocycles. The molecular formula is C16H21ClN2O2. The molecule has 0 aliphatic carbocycles. The van der Waals surface area contributed by atoms with Gasteiger partial charge in [-0.1, -0.05) is 11.6 Å². The highest BCUT2D eigenvalue weighted by Crippen LogP contribution is 2.28. The molecular weight excluding hydrogens is 288 g/mol. The monoisotopic (exact) mass is 308 g/mol. The number of nitrogens with zero attached hydrogens (tertiary/aromatic N) is 1. The minimum Gasteiger partial charge on any atom is -0.489 e. The smallest absolute Gasteiger partial charge is 0.127 e. The third-order valence-corrected chi connectivity index (χ3v) is 4.05. The van der Waals surface area contributed by atoms with Crippen LogP contribution in [0.2, 0.25) is 5.02 Å². The van der Waals surface area contributed by atoms with Gasteiger partial charge in [-0.2, -0.15) is 0 Å². The summed E-state index contributed by atoms with van der Waals surface area (Å²) in [6, 6.07) is 5.72. The number of fused-ring (bicyclic) bond motifs is 1. The van der Waals surface area contributed by atoms with Gasteiger partial charge in [0, 0.05) is 36.8 Å². The molecule has 1 aromatic carbocycles. The van der Waals surface area contributed by atoms with E-state index < -0.39 is 0 Å². The molecule has 0 aromatic heterocycles. The molecule has 1 atom stereocenters. The highest BCUT2D eigenvalue weighted by atomic mass is 35.5. The van der Waals surface area contributed by atoms with E-state index >= 15 is 0 Å². The van der Waals surface area contributed by atoms with Crippen molar-refractivity contribution in [2.75, 3.05) is 46.4 Å². The van der Waals surface area contributed by atoms with Crippen LogP contribution in [0, 0.1) is 0 Å². The fourth-order valence-electron chi connectivity index (χ4n) is 2.68. The molecule has 4 nitrogen and oxygen atoms in total. The van der Waals surface area contributed by atoms with E-state index in [1.54, 1.807) is 0 Å². The van der Waals surface area contributed by atoms with Gasteiger partial charge in [0.1, 0.15) is 12.4 Å². The Morgan fingerprint density at radius 1 is 1.43 bits per heavy atom. The zero-order chi connectivity index (χ0) is 14.7. The Morgan fingerprint density at radius 2 is 2.33 bits per heavy atom. The lowest BCUT2D eigenvalue weighted by Gasteiger charge is -2.30. The number of morpholine rings is 1. The molecule has 2 aliphatic heterocycles. The molecule has 2 aliphatic rings. The summed E-state index contributed by atoms with van der Waals surface area (Å²) in [5, 5.41) is 4.20. The zero-order valence-electron chi connectivity index (χ0n) is 12.3. The van der Waals surface area contributed by atoms with Crippen molar-refractivity contribution in [2.24, 2.45) is 0 Å². The quantitative estimate of drug-likeness (QED) is 0.923. The van der Waals surface area contributed by atoms with Gasteiger partial charge in [-0.25, -0.2) is 0 Å². The number of likely N-dealkylation sites (N-methyl/N-ethyl adjacent to an activating group) is 1. The second-order valence-corrected chi connectivity index (χ2v) is 6.10. The molecule has 1 unspecified atom stereocenters. The molecule has 0 bridgehead atoms. The van der Waals surface area contributed by atoms with E-state index in [0.29, 0.717) is 6.61 Å². The van der Waals surface area contributed by atoms with E-state index in [1.165, 1.54) is 5.57 Å². The molecule has 0 amide bonds. The molecule has 2 heterocycles. The Kier molecular flexibility index (Phi) is 4.80. The van der Waals surface area contributed by atoms with Crippen molar-refractivity contribution in [3.63, 3.8) is 0 Å². The third kappa shape index (κ3) is 3.98. The summed E-state index contributed by atoms with van der Waals surface area (Å²) >= 11 is 6.02. The number of rotatable bonds is 4. The van der Waals surface area contributed by atoms with Crippen LogP contribution in [0.1, 0.15) is 5.56 Å². The van der Waals surface area contributed by atoms with Gasteiger partial charge in [-0.3, -0.25) is 0 Å². The summed E-state index contributed by atoms with van der Waals surface area (Å²) in [5.74, 6) is 0.903. The summed E-state index contributed by atoms with van der Waals surface area (Å²) in [5.41, 5.74) is 2.29. The van der Waals surface area contributed by atoms with Gasteiger partial charge in [0.05, 0.1) is 12.7 Å². The molecule has 5 heteroatoms. The van der Waals surface area contributed by atoms with Gasteiger partial charge in [-0.15, -0.1) is 0 Å².